The highest BCUT2D eigenvalue weighted by atomic mass is 31.2. The highest BCUT2D eigenvalue weighted by molar-refractivity contribution is 7.53. The fourth-order valence-corrected chi connectivity index (χ4v) is 5.59. The van der Waals surface area contributed by atoms with E-state index in [2.05, 4.69) is 40.4 Å². The van der Waals surface area contributed by atoms with Gasteiger partial charge in [-0.3, -0.25) is 4.40 Å². The van der Waals surface area contributed by atoms with E-state index in [1.807, 2.05) is 67.3 Å². The van der Waals surface area contributed by atoms with Crippen LogP contribution in [0.5, 0.6) is 0 Å². The molecule has 10 heteroatoms. The fraction of sp³-hybridized carbons (Fsp3) is 0.357. The molecule has 1 aliphatic rings. The second-order valence-electron chi connectivity index (χ2n) is 9.70. The van der Waals surface area contributed by atoms with Crippen molar-refractivity contribution >= 4 is 25.7 Å². The van der Waals surface area contributed by atoms with Crippen molar-refractivity contribution in [2.75, 3.05) is 57.6 Å². The van der Waals surface area contributed by atoms with Gasteiger partial charge in [0.25, 0.3) is 0 Å². The van der Waals surface area contributed by atoms with Gasteiger partial charge in [0.2, 0.25) is 5.95 Å². The molecule has 1 aliphatic heterocycles. The smallest absolute Gasteiger partial charge is 0.211 e. The number of benzene rings is 1. The summed E-state index contributed by atoms with van der Waals surface area (Å²) in [4.78, 5) is 19.5. The number of hydrogen-bond acceptors (Lipinski definition) is 8. The van der Waals surface area contributed by atoms with Gasteiger partial charge in [-0.1, -0.05) is 12.1 Å². The standard InChI is InChI=1S/C28H33N8OP/c1-33(2)23-12-15-35(16-13-23)28-32-26(21-8-6-20(18-29)7-9-21)25(27-30-14-17-36(27)28)22-10-11-24(31-19-22)34(3)38(5)37-4/h6-11,14,17,19,23H,12-13,15-16H2,1-5H3. The first-order valence-corrected chi connectivity index (χ1v) is 14.3. The Morgan fingerprint density at radius 2 is 1.74 bits per heavy atom. The fourth-order valence-electron chi connectivity index (χ4n) is 4.94. The zero-order chi connectivity index (χ0) is 26.8. The highest BCUT2D eigenvalue weighted by Crippen LogP contribution is 2.40. The summed E-state index contributed by atoms with van der Waals surface area (Å²) < 4.78 is 9.65. The van der Waals surface area contributed by atoms with Crippen molar-refractivity contribution in [3.63, 3.8) is 0 Å². The maximum atomic E-state index is 9.34. The van der Waals surface area contributed by atoms with Gasteiger partial charge in [0, 0.05) is 63.0 Å². The molecule has 0 saturated carbocycles. The van der Waals surface area contributed by atoms with Crippen LogP contribution in [0.3, 0.4) is 0 Å². The van der Waals surface area contributed by atoms with Crippen molar-refractivity contribution < 1.29 is 4.52 Å². The Kier molecular flexibility index (Phi) is 7.57. The third kappa shape index (κ3) is 4.95. The lowest BCUT2D eigenvalue weighted by Crippen LogP contribution is -2.43. The van der Waals surface area contributed by atoms with Crippen LogP contribution in [0.1, 0.15) is 18.4 Å². The minimum Gasteiger partial charge on any atom is -0.342 e. The lowest BCUT2D eigenvalue weighted by atomic mass is 10.00. The Bertz CT molecular complexity index is 1440. The van der Waals surface area contributed by atoms with Gasteiger partial charge < -0.3 is 19.0 Å². The topological polar surface area (TPSA) is 85.8 Å². The zero-order valence-corrected chi connectivity index (χ0v) is 23.4. The molecule has 1 unspecified atom stereocenters. The van der Waals surface area contributed by atoms with E-state index in [-0.39, 0.29) is 0 Å². The SMILES string of the molecule is COP(C)N(C)c1ccc(-c2c(-c3ccc(C#N)cc3)nc(N3CCC(N(C)C)CC3)n3ccnc23)cn1. The first-order chi connectivity index (χ1) is 18.4. The number of aromatic nitrogens is 4. The van der Waals surface area contributed by atoms with E-state index in [1.165, 1.54) is 0 Å². The Morgan fingerprint density at radius 3 is 2.34 bits per heavy atom. The number of piperidine rings is 1. The molecule has 38 heavy (non-hydrogen) atoms. The van der Waals surface area contributed by atoms with E-state index in [0.29, 0.717) is 11.6 Å². The molecule has 5 rings (SSSR count). The predicted octanol–water partition coefficient (Wildman–Crippen LogP) is 4.88. The van der Waals surface area contributed by atoms with Gasteiger partial charge in [0.05, 0.1) is 22.9 Å². The molecule has 0 amide bonds. The molecule has 0 spiro atoms. The van der Waals surface area contributed by atoms with Gasteiger partial charge in [0.15, 0.2) is 0 Å². The Balaban J connectivity index is 1.64. The number of pyridine rings is 1. The molecule has 1 aromatic carbocycles. The Hall–Kier alpha value is -3.57. The van der Waals surface area contributed by atoms with Gasteiger partial charge in [0.1, 0.15) is 19.8 Å². The predicted molar refractivity (Wildman–Crippen MR) is 154 cm³/mol. The van der Waals surface area contributed by atoms with Crippen LogP contribution in [0.4, 0.5) is 11.8 Å². The average Bonchev–Trinajstić information content (AvgIpc) is 3.45. The maximum Gasteiger partial charge on any atom is 0.211 e. The van der Waals surface area contributed by atoms with Gasteiger partial charge in [-0.2, -0.15) is 5.26 Å². The second-order valence-corrected chi connectivity index (χ2v) is 11.6. The maximum absolute atomic E-state index is 9.34. The summed E-state index contributed by atoms with van der Waals surface area (Å²) in [5.74, 6) is 1.73. The largest absolute Gasteiger partial charge is 0.342 e. The van der Waals surface area contributed by atoms with Gasteiger partial charge in [-0.15, -0.1) is 0 Å². The van der Waals surface area contributed by atoms with E-state index in [9.17, 15) is 5.26 Å². The number of anilines is 2. The molecule has 0 N–H and O–H groups in total. The quantitative estimate of drug-likeness (QED) is 0.314. The van der Waals surface area contributed by atoms with E-state index in [4.69, 9.17) is 19.5 Å². The molecule has 0 bridgehead atoms. The van der Waals surface area contributed by atoms with Crippen molar-refractivity contribution in [3.8, 4) is 28.5 Å². The molecule has 1 fully saturated rings. The molecule has 9 nitrogen and oxygen atoms in total. The van der Waals surface area contributed by atoms with Crippen LogP contribution in [0, 0.1) is 11.3 Å². The Labute approximate surface area is 225 Å². The van der Waals surface area contributed by atoms with Crippen LogP contribution < -0.4 is 9.57 Å². The van der Waals surface area contributed by atoms with Gasteiger partial charge in [-0.05, 0) is 57.9 Å². The molecule has 4 aromatic rings. The van der Waals surface area contributed by atoms with Crippen LogP contribution in [-0.2, 0) is 4.52 Å². The number of fused-ring (bicyclic) bond motifs is 1. The second kappa shape index (κ2) is 11.0. The summed E-state index contributed by atoms with van der Waals surface area (Å²) in [5.41, 5.74) is 5.06. The minimum atomic E-state index is -0.760. The van der Waals surface area contributed by atoms with Crippen LogP contribution in [0.2, 0.25) is 0 Å². The summed E-state index contributed by atoms with van der Waals surface area (Å²) in [5, 5.41) is 9.34. The van der Waals surface area contributed by atoms with E-state index in [1.54, 1.807) is 7.11 Å². The van der Waals surface area contributed by atoms with Crippen LogP contribution >= 0.6 is 8.30 Å². The molecule has 4 heterocycles. The van der Waals surface area contributed by atoms with Crippen molar-refractivity contribution in [1.29, 1.82) is 5.26 Å². The van der Waals surface area contributed by atoms with E-state index >= 15 is 0 Å². The van der Waals surface area contributed by atoms with Crippen molar-refractivity contribution in [1.82, 2.24) is 24.3 Å². The van der Waals surface area contributed by atoms with Gasteiger partial charge in [-0.25, -0.2) is 15.0 Å². The third-order valence-electron chi connectivity index (χ3n) is 7.35. The lowest BCUT2D eigenvalue weighted by Gasteiger charge is -2.36. The summed E-state index contributed by atoms with van der Waals surface area (Å²) in [6, 6.07) is 14.5. The molecule has 3 aromatic heterocycles. The zero-order valence-electron chi connectivity index (χ0n) is 22.5. The molecule has 196 valence electrons. The first-order valence-electron chi connectivity index (χ1n) is 12.7. The van der Waals surface area contributed by atoms with Crippen LogP contribution in [-0.4, -0.2) is 78.3 Å². The normalized spacial score (nSPS) is 15.1. The lowest BCUT2D eigenvalue weighted by molar-refractivity contribution is 0.249. The summed E-state index contributed by atoms with van der Waals surface area (Å²) in [6.07, 6.45) is 7.86. The van der Waals surface area contributed by atoms with Crippen molar-refractivity contribution in [3.05, 3.63) is 60.6 Å². The monoisotopic (exact) mass is 528 g/mol. The highest BCUT2D eigenvalue weighted by Gasteiger charge is 2.26. The third-order valence-corrected chi connectivity index (χ3v) is 8.93. The summed E-state index contributed by atoms with van der Waals surface area (Å²) >= 11 is 0. The first kappa shape index (κ1) is 26.1. The molecular formula is C28H33N8OP. The van der Waals surface area contributed by atoms with Crippen molar-refractivity contribution in [2.45, 2.75) is 18.9 Å². The summed E-state index contributed by atoms with van der Waals surface area (Å²) in [7, 11) is 7.24. The molecular weight excluding hydrogens is 495 g/mol. The molecule has 0 aliphatic carbocycles. The summed E-state index contributed by atoms with van der Waals surface area (Å²) in [6.45, 7) is 3.90. The van der Waals surface area contributed by atoms with Crippen LogP contribution in [0.15, 0.2) is 55.0 Å². The van der Waals surface area contributed by atoms with Crippen molar-refractivity contribution in [2.24, 2.45) is 0 Å². The number of nitrogens with zero attached hydrogens (tertiary/aromatic N) is 8. The van der Waals surface area contributed by atoms with Gasteiger partial charge >= 0.3 is 0 Å². The van der Waals surface area contributed by atoms with E-state index in [0.717, 1.165) is 65.7 Å². The average molecular weight is 529 g/mol. The Morgan fingerprint density at radius 1 is 1.03 bits per heavy atom. The molecule has 0 radical (unpaired) electrons. The number of nitriles is 1. The number of rotatable bonds is 7. The minimum absolute atomic E-state index is 0.576. The number of imidazole rings is 1. The number of hydrogen-bond donors (Lipinski definition) is 0. The van der Waals surface area contributed by atoms with E-state index < -0.39 is 8.30 Å². The van der Waals surface area contributed by atoms with Crippen LogP contribution in [0.25, 0.3) is 28.0 Å². The molecule has 1 saturated heterocycles. The molecule has 1 atom stereocenters.